The first kappa shape index (κ1) is 24.5. The summed E-state index contributed by atoms with van der Waals surface area (Å²) in [5.41, 5.74) is 5.11. The Hall–Kier alpha value is -3.17. The first-order valence-corrected chi connectivity index (χ1v) is 11.2. The van der Waals surface area contributed by atoms with E-state index < -0.39 is 5.95 Å². The van der Waals surface area contributed by atoms with Crippen molar-refractivity contribution in [2.75, 3.05) is 17.2 Å². The summed E-state index contributed by atoms with van der Waals surface area (Å²) in [7, 11) is 0. The van der Waals surface area contributed by atoms with E-state index in [1.807, 2.05) is 32.1 Å². The number of halogens is 2. The highest BCUT2D eigenvalue weighted by molar-refractivity contribution is 6.35. The van der Waals surface area contributed by atoms with Crippen molar-refractivity contribution < 1.29 is 4.39 Å². The molecule has 7 heteroatoms. The molecule has 33 heavy (non-hydrogen) atoms. The van der Waals surface area contributed by atoms with Gasteiger partial charge in [0.1, 0.15) is 6.07 Å². The van der Waals surface area contributed by atoms with Gasteiger partial charge in [-0.1, -0.05) is 50.1 Å². The van der Waals surface area contributed by atoms with Crippen LogP contribution < -0.4 is 10.6 Å². The Morgan fingerprint density at radius 1 is 1.30 bits per heavy atom. The summed E-state index contributed by atoms with van der Waals surface area (Å²) in [4.78, 5) is 8.41. The van der Waals surface area contributed by atoms with Gasteiger partial charge in [0.05, 0.1) is 27.8 Å². The molecule has 1 aromatic carbocycles. The third-order valence-electron chi connectivity index (χ3n) is 5.47. The highest BCUT2D eigenvalue weighted by atomic mass is 35.5. The van der Waals surface area contributed by atoms with Gasteiger partial charge in [0.2, 0.25) is 5.95 Å². The van der Waals surface area contributed by atoms with Crippen molar-refractivity contribution in [3.05, 3.63) is 69.9 Å². The van der Waals surface area contributed by atoms with E-state index in [2.05, 4.69) is 47.4 Å². The molecule has 0 saturated heterocycles. The van der Waals surface area contributed by atoms with Crippen LogP contribution in [0.15, 0.2) is 42.1 Å². The molecule has 2 aromatic heterocycles. The lowest BCUT2D eigenvalue weighted by atomic mass is 9.96. The number of benzene rings is 1. The minimum absolute atomic E-state index is 0.0171. The molecule has 0 fully saturated rings. The van der Waals surface area contributed by atoms with Crippen molar-refractivity contribution in [2.45, 2.75) is 47.6 Å². The number of rotatable bonds is 6. The lowest BCUT2D eigenvalue weighted by Gasteiger charge is -2.24. The Labute approximate surface area is 199 Å². The van der Waals surface area contributed by atoms with E-state index >= 15 is 0 Å². The molecule has 0 bridgehead atoms. The quantitative estimate of drug-likeness (QED) is 0.298. The maximum atomic E-state index is 13.6. The first-order valence-electron chi connectivity index (χ1n) is 10.8. The predicted octanol–water partition coefficient (Wildman–Crippen LogP) is 7.18. The Balaban J connectivity index is 2.13. The molecule has 3 aromatic rings. The van der Waals surface area contributed by atoms with Gasteiger partial charge < -0.3 is 10.6 Å². The number of allylic oxidation sites excluding steroid dienone is 1. The van der Waals surface area contributed by atoms with Crippen LogP contribution in [-0.2, 0) is 0 Å². The lowest BCUT2D eigenvalue weighted by molar-refractivity contribution is 0.443. The van der Waals surface area contributed by atoms with Gasteiger partial charge in [-0.3, -0.25) is 4.98 Å². The SMILES string of the molecule is C/C=C(\C)[C@@H](Nc1cc(Cl)c2ncc(C#N)c(NCC(C)(C)C)c2c1)c1ccc(F)nc1C. The molecule has 1 atom stereocenters. The number of fused-ring (bicyclic) bond motifs is 1. The van der Waals surface area contributed by atoms with Crippen LogP contribution in [0, 0.1) is 29.6 Å². The zero-order valence-corrected chi connectivity index (χ0v) is 20.6. The molecule has 0 radical (unpaired) electrons. The summed E-state index contributed by atoms with van der Waals surface area (Å²) in [5, 5.41) is 17.9. The van der Waals surface area contributed by atoms with Crippen LogP contribution in [0.1, 0.15) is 57.5 Å². The van der Waals surface area contributed by atoms with Gasteiger partial charge in [-0.15, -0.1) is 0 Å². The zero-order chi connectivity index (χ0) is 24.3. The van der Waals surface area contributed by atoms with Gasteiger partial charge in [-0.25, -0.2) is 4.98 Å². The predicted molar refractivity (Wildman–Crippen MR) is 134 cm³/mol. The third-order valence-corrected chi connectivity index (χ3v) is 5.75. The normalized spacial score (nSPS) is 13.0. The average Bonchev–Trinajstić information content (AvgIpc) is 2.75. The third kappa shape index (κ3) is 5.61. The minimum atomic E-state index is -0.508. The Morgan fingerprint density at radius 2 is 2.03 bits per heavy atom. The zero-order valence-electron chi connectivity index (χ0n) is 19.8. The highest BCUT2D eigenvalue weighted by Crippen LogP contribution is 2.36. The monoisotopic (exact) mass is 465 g/mol. The number of anilines is 2. The largest absolute Gasteiger partial charge is 0.383 e. The minimum Gasteiger partial charge on any atom is -0.383 e. The fourth-order valence-corrected chi connectivity index (χ4v) is 3.86. The number of nitrogens with zero attached hydrogens (tertiary/aromatic N) is 3. The number of nitrogens with one attached hydrogen (secondary N) is 2. The Morgan fingerprint density at radius 3 is 2.64 bits per heavy atom. The second kappa shape index (κ2) is 9.76. The molecule has 3 rings (SSSR count). The van der Waals surface area contributed by atoms with Crippen LogP contribution >= 0.6 is 11.6 Å². The van der Waals surface area contributed by atoms with E-state index in [4.69, 9.17) is 11.6 Å². The summed E-state index contributed by atoms with van der Waals surface area (Å²) in [6.45, 7) is 12.8. The Kier molecular flexibility index (Phi) is 7.24. The number of aryl methyl sites for hydroxylation is 1. The van der Waals surface area contributed by atoms with E-state index in [0.717, 1.165) is 22.2 Å². The number of hydrogen-bond donors (Lipinski definition) is 2. The van der Waals surface area contributed by atoms with Crippen LogP contribution in [0.5, 0.6) is 0 Å². The number of nitriles is 1. The number of pyridine rings is 2. The van der Waals surface area contributed by atoms with Gasteiger partial charge in [-0.05, 0) is 49.9 Å². The van der Waals surface area contributed by atoms with Crippen molar-refractivity contribution in [2.24, 2.45) is 5.41 Å². The topological polar surface area (TPSA) is 73.6 Å². The van der Waals surface area contributed by atoms with Crippen LogP contribution in [0.3, 0.4) is 0 Å². The van der Waals surface area contributed by atoms with Crippen molar-refractivity contribution in [1.29, 1.82) is 5.26 Å². The second-order valence-corrected chi connectivity index (χ2v) is 9.75. The van der Waals surface area contributed by atoms with Gasteiger partial charge >= 0.3 is 0 Å². The van der Waals surface area contributed by atoms with E-state index in [1.54, 1.807) is 19.2 Å². The van der Waals surface area contributed by atoms with Crippen molar-refractivity contribution >= 4 is 33.9 Å². The van der Waals surface area contributed by atoms with E-state index in [1.165, 1.54) is 6.07 Å². The van der Waals surface area contributed by atoms with Gasteiger partial charge in [-0.2, -0.15) is 9.65 Å². The molecule has 0 spiro atoms. The van der Waals surface area contributed by atoms with Crippen LogP contribution in [0.25, 0.3) is 10.9 Å². The smallest absolute Gasteiger partial charge is 0.213 e. The molecule has 5 nitrogen and oxygen atoms in total. The molecule has 0 saturated carbocycles. The maximum absolute atomic E-state index is 13.6. The average molecular weight is 466 g/mol. The second-order valence-electron chi connectivity index (χ2n) is 9.35. The van der Waals surface area contributed by atoms with Crippen molar-refractivity contribution in [1.82, 2.24) is 9.97 Å². The molecule has 0 unspecified atom stereocenters. The molecular formula is C26H29ClFN5. The van der Waals surface area contributed by atoms with Gasteiger partial charge in [0.25, 0.3) is 0 Å². The Bertz CT molecular complexity index is 1250. The summed E-state index contributed by atoms with van der Waals surface area (Å²) in [6.07, 6.45) is 3.56. The van der Waals surface area contributed by atoms with Gasteiger partial charge in [0, 0.05) is 29.5 Å². The number of aromatic nitrogens is 2. The molecular weight excluding hydrogens is 437 g/mol. The standard InChI is InChI=1S/C26H29ClFN5/c1-7-15(2)23(19-8-9-22(28)32-16(19)3)33-18-10-20-24(31-14-26(4,5)6)17(12-29)13-30-25(20)21(27)11-18/h7-11,13,23,33H,14H2,1-6H3,(H,30,31)/b15-7+/t23-/m1/s1. The molecule has 172 valence electrons. The maximum Gasteiger partial charge on any atom is 0.213 e. The molecule has 0 aliphatic heterocycles. The number of hydrogen-bond acceptors (Lipinski definition) is 5. The van der Waals surface area contributed by atoms with E-state index in [0.29, 0.717) is 34.0 Å². The lowest BCUT2D eigenvalue weighted by Crippen LogP contribution is -2.20. The molecule has 0 aliphatic rings. The fourth-order valence-electron chi connectivity index (χ4n) is 3.59. The van der Waals surface area contributed by atoms with Crippen LogP contribution in [-0.4, -0.2) is 16.5 Å². The molecule has 2 heterocycles. The van der Waals surface area contributed by atoms with Gasteiger partial charge in [0.15, 0.2) is 0 Å². The van der Waals surface area contributed by atoms with E-state index in [-0.39, 0.29) is 11.5 Å². The first-order chi connectivity index (χ1) is 15.5. The van der Waals surface area contributed by atoms with Crippen LogP contribution in [0.4, 0.5) is 15.8 Å². The summed E-state index contributed by atoms with van der Waals surface area (Å²) < 4.78 is 13.6. The molecule has 2 N–H and O–H groups in total. The summed E-state index contributed by atoms with van der Waals surface area (Å²) in [5.74, 6) is -0.508. The van der Waals surface area contributed by atoms with E-state index in [9.17, 15) is 9.65 Å². The van der Waals surface area contributed by atoms with Crippen molar-refractivity contribution in [3.63, 3.8) is 0 Å². The van der Waals surface area contributed by atoms with Crippen molar-refractivity contribution in [3.8, 4) is 6.07 Å². The summed E-state index contributed by atoms with van der Waals surface area (Å²) >= 11 is 6.63. The molecule has 0 aliphatic carbocycles. The highest BCUT2D eigenvalue weighted by Gasteiger charge is 2.20. The summed E-state index contributed by atoms with van der Waals surface area (Å²) in [6, 6.07) is 8.88. The fraction of sp³-hybridized carbons (Fsp3) is 0.346. The molecule has 0 amide bonds. The van der Waals surface area contributed by atoms with Crippen LogP contribution in [0.2, 0.25) is 5.02 Å².